The van der Waals surface area contributed by atoms with Crippen molar-refractivity contribution in [2.75, 3.05) is 6.54 Å². The lowest BCUT2D eigenvalue weighted by molar-refractivity contribution is 0.0942. The van der Waals surface area contributed by atoms with Crippen molar-refractivity contribution in [1.82, 2.24) is 10.6 Å². The Morgan fingerprint density at radius 1 is 0.941 bits per heavy atom. The van der Waals surface area contributed by atoms with Crippen LogP contribution in [0.4, 0.5) is 8.78 Å². The Bertz CT molecular complexity index is 1020. The summed E-state index contributed by atoms with van der Waals surface area (Å²) in [6.07, 6.45) is 4.04. The predicted octanol–water partition coefficient (Wildman–Crippen LogP) is 5.52. The van der Waals surface area contributed by atoms with Crippen LogP contribution in [0.2, 0.25) is 0 Å². The summed E-state index contributed by atoms with van der Waals surface area (Å²) in [6.45, 7) is 6.61. The molecule has 0 saturated heterocycles. The first kappa shape index (κ1) is 25.5. The van der Waals surface area contributed by atoms with Gasteiger partial charge in [-0.1, -0.05) is 51.1 Å². The van der Waals surface area contributed by atoms with Gasteiger partial charge >= 0.3 is 0 Å². The molecule has 2 aromatic rings. The largest absolute Gasteiger partial charge is 0.353 e. The number of guanidine groups is 1. The molecule has 1 aliphatic carbocycles. The minimum absolute atomic E-state index is 0.0206. The number of nitrogens with zero attached hydrogens (tertiary/aromatic N) is 1. The smallest absolute Gasteiger partial charge is 0.258 e. The van der Waals surface area contributed by atoms with Crippen molar-refractivity contribution in [2.45, 2.75) is 58.9 Å². The zero-order valence-electron chi connectivity index (χ0n) is 20.0. The maximum absolute atomic E-state index is 13.6. The van der Waals surface area contributed by atoms with Gasteiger partial charge in [-0.15, -0.1) is 0 Å². The zero-order valence-corrected chi connectivity index (χ0v) is 20.0. The van der Waals surface area contributed by atoms with Crippen LogP contribution in [-0.2, 0) is 0 Å². The summed E-state index contributed by atoms with van der Waals surface area (Å²) in [6, 6.07) is 12.5. The summed E-state index contributed by atoms with van der Waals surface area (Å²) < 4.78 is 26.8. The fourth-order valence-electron chi connectivity index (χ4n) is 3.96. The standard InChI is InChI=1S/C27H33F2N3O2/c1-27(2,3)17-30-26(32-25(34)20-11-14-22(28)23(29)16-20)31-21-12-9-18(10-13-21)15-24(33)19-7-5-4-6-8-19/h4-8,11,14,16,18,21H,9-10,12-13,15,17H2,1-3H3,(H2,30,31,32,34). The summed E-state index contributed by atoms with van der Waals surface area (Å²) in [5, 5.41) is 6.05. The third-order valence-electron chi connectivity index (χ3n) is 5.88. The van der Waals surface area contributed by atoms with E-state index >= 15 is 0 Å². The second kappa shape index (κ2) is 11.4. The first-order valence-corrected chi connectivity index (χ1v) is 11.8. The van der Waals surface area contributed by atoms with Gasteiger partial charge in [-0.25, -0.2) is 8.78 Å². The van der Waals surface area contributed by atoms with Gasteiger partial charge in [0.05, 0.1) is 0 Å². The van der Waals surface area contributed by atoms with Crippen molar-refractivity contribution in [3.63, 3.8) is 0 Å². The number of hydrogen-bond donors (Lipinski definition) is 2. The van der Waals surface area contributed by atoms with Gasteiger partial charge in [0.15, 0.2) is 23.4 Å². The number of halogens is 2. The number of carbonyl (C=O) groups excluding carboxylic acids is 2. The highest BCUT2D eigenvalue weighted by Crippen LogP contribution is 2.28. The minimum Gasteiger partial charge on any atom is -0.353 e. The maximum Gasteiger partial charge on any atom is 0.258 e. The van der Waals surface area contributed by atoms with E-state index in [0.29, 0.717) is 24.8 Å². The van der Waals surface area contributed by atoms with Gasteiger partial charge in [-0.2, -0.15) is 0 Å². The highest BCUT2D eigenvalue weighted by atomic mass is 19.2. The van der Waals surface area contributed by atoms with Crippen molar-refractivity contribution in [3.05, 3.63) is 71.3 Å². The molecule has 2 aromatic carbocycles. The van der Waals surface area contributed by atoms with Gasteiger partial charge in [0, 0.05) is 30.1 Å². The van der Waals surface area contributed by atoms with Gasteiger partial charge in [-0.3, -0.25) is 19.9 Å². The molecule has 3 rings (SSSR count). The van der Waals surface area contributed by atoms with E-state index in [9.17, 15) is 18.4 Å². The van der Waals surface area contributed by atoms with Gasteiger partial charge in [0.2, 0.25) is 0 Å². The molecule has 34 heavy (non-hydrogen) atoms. The molecule has 1 fully saturated rings. The lowest BCUT2D eigenvalue weighted by atomic mass is 9.82. The van der Waals surface area contributed by atoms with Crippen LogP contribution in [-0.4, -0.2) is 30.2 Å². The quantitative estimate of drug-likeness (QED) is 0.333. The summed E-state index contributed by atoms with van der Waals surface area (Å²) in [5.41, 5.74) is 0.682. The molecule has 0 aromatic heterocycles. The summed E-state index contributed by atoms with van der Waals surface area (Å²) in [4.78, 5) is 29.7. The van der Waals surface area contributed by atoms with Gasteiger partial charge in [-0.05, 0) is 55.2 Å². The van der Waals surface area contributed by atoms with E-state index in [-0.39, 0.29) is 22.8 Å². The second-order valence-corrected chi connectivity index (χ2v) is 10.2. The van der Waals surface area contributed by atoms with Crippen LogP contribution >= 0.6 is 0 Å². The number of hydrogen-bond acceptors (Lipinski definition) is 3. The van der Waals surface area contributed by atoms with E-state index in [4.69, 9.17) is 0 Å². The topological polar surface area (TPSA) is 70.6 Å². The number of carbonyl (C=O) groups is 2. The molecule has 182 valence electrons. The van der Waals surface area contributed by atoms with Crippen LogP contribution in [0.25, 0.3) is 0 Å². The minimum atomic E-state index is -1.07. The predicted molar refractivity (Wildman–Crippen MR) is 130 cm³/mol. The number of Topliss-reactive ketones (excluding diaryl/α,β-unsaturated/α-hetero) is 1. The zero-order chi connectivity index (χ0) is 24.7. The van der Waals surface area contributed by atoms with E-state index in [1.165, 1.54) is 6.07 Å². The average Bonchev–Trinajstić information content (AvgIpc) is 2.80. The van der Waals surface area contributed by atoms with Gasteiger partial charge in [0.1, 0.15) is 0 Å². The monoisotopic (exact) mass is 469 g/mol. The van der Waals surface area contributed by atoms with Crippen molar-refractivity contribution in [1.29, 1.82) is 0 Å². The molecule has 1 amide bonds. The van der Waals surface area contributed by atoms with Crippen molar-refractivity contribution in [3.8, 4) is 0 Å². The second-order valence-electron chi connectivity index (χ2n) is 10.2. The normalized spacial score (nSPS) is 18.9. The molecule has 1 aliphatic rings. The van der Waals surface area contributed by atoms with Crippen LogP contribution in [0.1, 0.15) is 73.6 Å². The molecular weight excluding hydrogens is 436 g/mol. The number of amides is 1. The van der Waals surface area contributed by atoms with E-state index < -0.39 is 17.5 Å². The Morgan fingerprint density at radius 3 is 2.24 bits per heavy atom. The molecule has 5 nitrogen and oxygen atoms in total. The summed E-state index contributed by atoms with van der Waals surface area (Å²) in [5.74, 6) is -1.80. The molecule has 0 radical (unpaired) electrons. The van der Waals surface area contributed by atoms with Crippen molar-refractivity contribution < 1.29 is 18.4 Å². The fraction of sp³-hybridized carbons (Fsp3) is 0.444. The summed E-state index contributed by atoms with van der Waals surface area (Å²) >= 11 is 0. The number of benzene rings is 2. The third kappa shape index (κ3) is 7.75. The molecule has 1 saturated carbocycles. The number of rotatable bonds is 6. The third-order valence-corrected chi connectivity index (χ3v) is 5.88. The van der Waals surface area contributed by atoms with Gasteiger partial charge < -0.3 is 5.32 Å². The van der Waals surface area contributed by atoms with Crippen LogP contribution in [0, 0.1) is 23.0 Å². The maximum atomic E-state index is 13.6. The van der Waals surface area contributed by atoms with Gasteiger partial charge in [0.25, 0.3) is 5.91 Å². The Balaban J connectivity index is 1.59. The summed E-state index contributed by atoms with van der Waals surface area (Å²) in [7, 11) is 0. The molecule has 0 spiro atoms. The molecular formula is C27H33F2N3O2. The SMILES string of the molecule is CC(C)(C)CN=C(NC(=O)c1ccc(F)c(F)c1)NC1CCC(CC(=O)c2ccccc2)CC1. The lowest BCUT2D eigenvalue weighted by Gasteiger charge is -2.30. The van der Waals surface area contributed by atoms with Crippen LogP contribution in [0.15, 0.2) is 53.5 Å². The molecule has 0 aliphatic heterocycles. The highest BCUT2D eigenvalue weighted by molar-refractivity contribution is 6.05. The highest BCUT2D eigenvalue weighted by Gasteiger charge is 2.25. The van der Waals surface area contributed by atoms with E-state index in [0.717, 1.165) is 43.4 Å². The number of aliphatic imine (C=N–C) groups is 1. The average molecular weight is 470 g/mol. The molecule has 7 heteroatoms. The Morgan fingerprint density at radius 2 is 1.62 bits per heavy atom. The van der Waals surface area contributed by atoms with E-state index in [1.807, 2.05) is 51.1 Å². The lowest BCUT2D eigenvalue weighted by Crippen LogP contribution is -2.47. The van der Waals surface area contributed by atoms with Crippen LogP contribution in [0.3, 0.4) is 0 Å². The first-order valence-electron chi connectivity index (χ1n) is 11.8. The van der Waals surface area contributed by atoms with Crippen LogP contribution in [0.5, 0.6) is 0 Å². The first-order chi connectivity index (χ1) is 16.1. The molecule has 2 N–H and O–H groups in total. The number of ketones is 1. The molecule has 0 unspecified atom stereocenters. The Hall–Kier alpha value is -3.09. The Labute approximate surface area is 200 Å². The van der Waals surface area contributed by atoms with Crippen molar-refractivity contribution >= 4 is 17.6 Å². The van der Waals surface area contributed by atoms with E-state index in [1.54, 1.807) is 0 Å². The Kier molecular flexibility index (Phi) is 8.53. The van der Waals surface area contributed by atoms with Crippen LogP contribution < -0.4 is 10.6 Å². The van der Waals surface area contributed by atoms with Crippen molar-refractivity contribution in [2.24, 2.45) is 16.3 Å². The molecule has 0 heterocycles. The fourth-order valence-corrected chi connectivity index (χ4v) is 3.96. The van der Waals surface area contributed by atoms with E-state index in [2.05, 4.69) is 15.6 Å². The molecule has 0 bridgehead atoms. The molecule has 0 atom stereocenters. The number of nitrogens with one attached hydrogen (secondary N) is 2.